The van der Waals surface area contributed by atoms with E-state index < -0.39 is 12.0 Å². The molecule has 0 spiro atoms. The Morgan fingerprint density at radius 2 is 1.89 bits per heavy atom. The summed E-state index contributed by atoms with van der Waals surface area (Å²) in [5.74, 6) is -0.500. The van der Waals surface area contributed by atoms with Crippen LogP contribution in [0.4, 0.5) is 0 Å². The van der Waals surface area contributed by atoms with Gasteiger partial charge in [0, 0.05) is 12.1 Å². The fourth-order valence-electron chi connectivity index (χ4n) is 3.58. The standard InChI is InChI=1S/C15H17NO3/c17-14(10-5-2-1-3-6-10)16-9-11-7-4-8-12(11)13(16)15(18)19/h1-3,5-6,11-13H,4,7-9H2,(H,18,19). The number of hydrogen-bond donors (Lipinski definition) is 1. The highest BCUT2D eigenvalue weighted by atomic mass is 16.4. The second-order valence-corrected chi connectivity index (χ2v) is 5.46. The largest absolute Gasteiger partial charge is 0.480 e. The topological polar surface area (TPSA) is 57.6 Å². The third-order valence-corrected chi connectivity index (χ3v) is 4.43. The van der Waals surface area contributed by atoms with Crippen LogP contribution in [0.5, 0.6) is 0 Å². The molecule has 4 heteroatoms. The van der Waals surface area contributed by atoms with E-state index in [2.05, 4.69) is 0 Å². The molecule has 19 heavy (non-hydrogen) atoms. The van der Waals surface area contributed by atoms with Crippen LogP contribution in [0.3, 0.4) is 0 Å². The van der Waals surface area contributed by atoms with Crippen LogP contribution in [0.1, 0.15) is 29.6 Å². The zero-order chi connectivity index (χ0) is 13.4. The van der Waals surface area contributed by atoms with Crippen molar-refractivity contribution in [2.45, 2.75) is 25.3 Å². The Kier molecular flexibility index (Phi) is 3.01. The van der Waals surface area contributed by atoms with E-state index in [0.29, 0.717) is 18.0 Å². The molecule has 1 aromatic rings. The van der Waals surface area contributed by atoms with Gasteiger partial charge in [-0.1, -0.05) is 24.6 Å². The Bertz CT molecular complexity index is 499. The van der Waals surface area contributed by atoms with Crippen LogP contribution < -0.4 is 0 Å². The van der Waals surface area contributed by atoms with Crippen molar-refractivity contribution in [2.75, 3.05) is 6.54 Å². The van der Waals surface area contributed by atoms with Gasteiger partial charge in [-0.2, -0.15) is 0 Å². The van der Waals surface area contributed by atoms with Gasteiger partial charge in [-0.05, 0) is 36.8 Å². The molecule has 2 aliphatic rings. The average molecular weight is 259 g/mol. The minimum Gasteiger partial charge on any atom is -0.480 e. The number of carbonyl (C=O) groups is 2. The van der Waals surface area contributed by atoms with Gasteiger partial charge in [0.1, 0.15) is 6.04 Å². The lowest BCUT2D eigenvalue weighted by Gasteiger charge is -2.24. The van der Waals surface area contributed by atoms with Gasteiger partial charge in [0.05, 0.1) is 0 Å². The number of carboxylic acids is 1. The van der Waals surface area contributed by atoms with E-state index in [-0.39, 0.29) is 11.8 Å². The molecule has 3 unspecified atom stereocenters. The fourth-order valence-corrected chi connectivity index (χ4v) is 3.58. The highest BCUT2D eigenvalue weighted by Crippen LogP contribution is 2.42. The van der Waals surface area contributed by atoms with Crippen LogP contribution in [-0.2, 0) is 4.79 Å². The molecule has 1 aliphatic carbocycles. The Hall–Kier alpha value is -1.84. The van der Waals surface area contributed by atoms with Gasteiger partial charge in [0.15, 0.2) is 0 Å². The Morgan fingerprint density at radius 3 is 2.58 bits per heavy atom. The van der Waals surface area contributed by atoms with E-state index in [1.54, 1.807) is 29.2 Å². The first-order valence-corrected chi connectivity index (χ1v) is 6.77. The molecular formula is C15H17NO3. The highest BCUT2D eigenvalue weighted by Gasteiger charge is 2.49. The van der Waals surface area contributed by atoms with Crippen molar-refractivity contribution in [3.8, 4) is 0 Å². The number of rotatable bonds is 2. The van der Waals surface area contributed by atoms with Crippen LogP contribution >= 0.6 is 0 Å². The number of carbonyl (C=O) groups excluding carboxylic acids is 1. The van der Waals surface area contributed by atoms with Crippen LogP contribution in [0, 0.1) is 11.8 Å². The van der Waals surface area contributed by atoms with Crippen molar-refractivity contribution >= 4 is 11.9 Å². The third kappa shape index (κ3) is 2.01. The molecule has 2 fully saturated rings. The minimum absolute atomic E-state index is 0.144. The van der Waals surface area contributed by atoms with Crippen molar-refractivity contribution in [2.24, 2.45) is 11.8 Å². The molecule has 1 saturated carbocycles. The SMILES string of the molecule is O=C(O)C1C2CCCC2CN1C(=O)c1ccccc1. The van der Waals surface area contributed by atoms with Crippen LogP contribution in [0.25, 0.3) is 0 Å². The fraction of sp³-hybridized carbons (Fsp3) is 0.467. The molecule has 1 aliphatic heterocycles. The molecule has 0 bridgehead atoms. The molecule has 1 aromatic carbocycles. The molecule has 0 radical (unpaired) electrons. The quantitative estimate of drug-likeness (QED) is 0.884. The number of likely N-dealkylation sites (tertiary alicyclic amines) is 1. The van der Waals surface area contributed by atoms with Crippen molar-refractivity contribution in [1.29, 1.82) is 0 Å². The zero-order valence-corrected chi connectivity index (χ0v) is 10.7. The van der Waals surface area contributed by atoms with E-state index in [1.807, 2.05) is 6.07 Å². The molecule has 3 rings (SSSR count). The first kappa shape index (κ1) is 12.2. The summed E-state index contributed by atoms with van der Waals surface area (Å²) in [4.78, 5) is 25.5. The van der Waals surface area contributed by atoms with Gasteiger partial charge in [0.2, 0.25) is 0 Å². The molecule has 1 heterocycles. The Balaban J connectivity index is 1.88. The number of benzene rings is 1. The summed E-state index contributed by atoms with van der Waals surface area (Å²) >= 11 is 0. The van der Waals surface area contributed by atoms with Gasteiger partial charge in [-0.15, -0.1) is 0 Å². The number of amides is 1. The molecule has 3 atom stereocenters. The monoisotopic (exact) mass is 259 g/mol. The summed E-state index contributed by atoms with van der Waals surface area (Å²) in [6.07, 6.45) is 3.07. The molecule has 1 saturated heterocycles. The molecule has 4 nitrogen and oxygen atoms in total. The lowest BCUT2D eigenvalue weighted by atomic mass is 9.94. The lowest BCUT2D eigenvalue weighted by molar-refractivity contribution is -0.142. The number of carboxylic acid groups (broad SMARTS) is 1. The van der Waals surface area contributed by atoms with Crippen LogP contribution in [-0.4, -0.2) is 34.5 Å². The first-order valence-electron chi connectivity index (χ1n) is 6.77. The average Bonchev–Trinajstić information content (AvgIpc) is 2.98. The number of fused-ring (bicyclic) bond motifs is 1. The number of nitrogens with zero attached hydrogens (tertiary/aromatic N) is 1. The molecular weight excluding hydrogens is 242 g/mol. The lowest BCUT2D eigenvalue weighted by Crippen LogP contribution is -2.43. The third-order valence-electron chi connectivity index (χ3n) is 4.43. The summed E-state index contributed by atoms with van der Waals surface area (Å²) in [5, 5.41) is 9.43. The summed E-state index contributed by atoms with van der Waals surface area (Å²) in [7, 11) is 0. The van der Waals surface area contributed by atoms with Gasteiger partial charge in [0.25, 0.3) is 5.91 Å². The maximum absolute atomic E-state index is 12.5. The molecule has 100 valence electrons. The Labute approximate surface area is 112 Å². The van der Waals surface area contributed by atoms with Gasteiger partial charge >= 0.3 is 5.97 Å². The second kappa shape index (κ2) is 4.68. The summed E-state index contributed by atoms with van der Waals surface area (Å²) in [6.45, 7) is 0.593. The van der Waals surface area contributed by atoms with Crippen molar-refractivity contribution < 1.29 is 14.7 Å². The van der Waals surface area contributed by atoms with Gasteiger partial charge < -0.3 is 10.0 Å². The second-order valence-electron chi connectivity index (χ2n) is 5.46. The van der Waals surface area contributed by atoms with Crippen LogP contribution in [0.2, 0.25) is 0 Å². The maximum Gasteiger partial charge on any atom is 0.326 e. The first-order chi connectivity index (χ1) is 9.18. The summed E-state index contributed by atoms with van der Waals surface area (Å²) < 4.78 is 0. The maximum atomic E-state index is 12.5. The van der Waals surface area contributed by atoms with E-state index >= 15 is 0 Å². The number of hydrogen-bond acceptors (Lipinski definition) is 2. The predicted octanol–water partition coefficient (Wildman–Crippen LogP) is 2.01. The van der Waals surface area contributed by atoms with Gasteiger partial charge in [-0.3, -0.25) is 4.79 Å². The van der Waals surface area contributed by atoms with Crippen molar-refractivity contribution in [1.82, 2.24) is 4.90 Å². The van der Waals surface area contributed by atoms with E-state index in [0.717, 1.165) is 19.3 Å². The van der Waals surface area contributed by atoms with Crippen molar-refractivity contribution in [3.05, 3.63) is 35.9 Å². The normalized spacial score (nSPS) is 29.3. The molecule has 1 amide bonds. The molecule has 1 N–H and O–H groups in total. The van der Waals surface area contributed by atoms with E-state index in [1.165, 1.54) is 0 Å². The van der Waals surface area contributed by atoms with Gasteiger partial charge in [-0.25, -0.2) is 4.79 Å². The van der Waals surface area contributed by atoms with E-state index in [9.17, 15) is 14.7 Å². The zero-order valence-electron chi connectivity index (χ0n) is 10.7. The highest BCUT2D eigenvalue weighted by molar-refractivity contribution is 5.97. The van der Waals surface area contributed by atoms with E-state index in [4.69, 9.17) is 0 Å². The minimum atomic E-state index is -0.862. The smallest absolute Gasteiger partial charge is 0.326 e. The summed E-state index contributed by atoms with van der Waals surface area (Å²) in [5.41, 5.74) is 0.578. The van der Waals surface area contributed by atoms with Crippen LogP contribution in [0.15, 0.2) is 30.3 Å². The molecule has 0 aromatic heterocycles. The predicted molar refractivity (Wildman–Crippen MR) is 69.7 cm³/mol. The Morgan fingerprint density at radius 1 is 1.16 bits per heavy atom. The number of aliphatic carboxylic acids is 1. The summed E-state index contributed by atoms with van der Waals surface area (Å²) in [6, 6.07) is 8.31. The van der Waals surface area contributed by atoms with Crippen molar-refractivity contribution in [3.63, 3.8) is 0 Å².